The summed E-state index contributed by atoms with van der Waals surface area (Å²) in [6.07, 6.45) is 12.6. The van der Waals surface area contributed by atoms with E-state index in [1.54, 1.807) is 26.0 Å². The zero-order chi connectivity index (χ0) is 39.5. The van der Waals surface area contributed by atoms with Crippen molar-refractivity contribution in [3.8, 4) is 0 Å². The number of hydrogen-bond donors (Lipinski definition) is 2. The number of carbonyl (C=O) groups excluding carboxylic acids is 2. The molecule has 6 rings (SSSR count). The molecule has 55 heavy (non-hydrogen) atoms. The Labute approximate surface area is 342 Å². The predicted molar refractivity (Wildman–Crippen MR) is 200 cm³/mol. The number of ketones is 2. The molecule has 4 aliphatic carbocycles. The first-order valence-corrected chi connectivity index (χ1v) is 18.0. The van der Waals surface area contributed by atoms with E-state index in [4.69, 9.17) is 9.11 Å². The van der Waals surface area contributed by atoms with E-state index in [0.717, 1.165) is 12.2 Å². The van der Waals surface area contributed by atoms with Crippen LogP contribution in [0.15, 0.2) is 151 Å². The van der Waals surface area contributed by atoms with Gasteiger partial charge in [-0.2, -0.15) is 10.2 Å². The van der Waals surface area contributed by atoms with Gasteiger partial charge in [0.1, 0.15) is 11.4 Å². The van der Waals surface area contributed by atoms with E-state index in [2.05, 4.69) is 20.5 Å². The van der Waals surface area contributed by atoms with Gasteiger partial charge in [-0.15, -0.1) is 10.2 Å². The maximum absolute atomic E-state index is 12.1. The van der Waals surface area contributed by atoms with E-state index >= 15 is 0 Å². The molecule has 0 saturated heterocycles. The molecule has 2 atom stereocenters. The van der Waals surface area contributed by atoms with Gasteiger partial charge in [-0.25, -0.2) is 0 Å². The number of nitrogens with zero attached hydrogens (tertiary/aromatic N) is 6. The molecule has 2 aromatic carbocycles. The van der Waals surface area contributed by atoms with Crippen molar-refractivity contribution >= 4 is 102 Å². The molecule has 18 nitrogen and oxygen atoms in total. The molecule has 276 valence electrons. The second-order valence-corrected chi connectivity index (χ2v) is 14.4. The largest absolute Gasteiger partial charge is 2.00 e. The monoisotopic (exact) mass is 812 g/mol. The Morgan fingerprint density at radius 1 is 0.564 bits per heavy atom. The number of fused-ring (bicyclic) bond motifs is 2. The van der Waals surface area contributed by atoms with E-state index in [1.165, 1.54) is 72.9 Å². The van der Waals surface area contributed by atoms with Crippen molar-refractivity contribution < 1.29 is 46.1 Å². The summed E-state index contributed by atoms with van der Waals surface area (Å²) in [5, 5.41) is 37.5. The van der Waals surface area contributed by atoms with Crippen molar-refractivity contribution in [2.24, 2.45) is 20.5 Å². The third-order valence-electron chi connectivity index (χ3n) is 7.49. The number of allylic oxidation sites excluding steroid dienone is 14. The number of azo groups is 2. The zero-order valence-electron chi connectivity index (χ0n) is 28.4. The molecule has 0 fully saturated rings. The van der Waals surface area contributed by atoms with Crippen LogP contribution in [-0.4, -0.2) is 95.5 Å². The number of hydrogen-bond acceptors (Lipinski definition) is 14. The number of nitro benzene ring substituents is 2. The van der Waals surface area contributed by atoms with Gasteiger partial charge in [-0.3, -0.25) is 38.2 Å². The van der Waals surface area contributed by atoms with E-state index < -0.39 is 41.6 Å². The van der Waals surface area contributed by atoms with Crippen molar-refractivity contribution in [1.29, 1.82) is 0 Å². The molecule has 2 N–H and O–H groups in total. The predicted octanol–water partition coefficient (Wildman–Crippen LogP) is 5.49. The van der Waals surface area contributed by atoms with Crippen LogP contribution in [0, 0.1) is 34.1 Å². The second kappa shape index (κ2) is 17.1. The molecule has 0 aromatic heterocycles. The summed E-state index contributed by atoms with van der Waals surface area (Å²) >= 11 is 0. The van der Waals surface area contributed by atoms with Gasteiger partial charge in [-0.05, 0) is 84.7 Å². The van der Waals surface area contributed by atoms with Crippen LogP contribution in [-0.2, 0) is 29.8 Å². The van der Waals surface area contributed by atoms with Gasteiger partial charge in [0, 0.05) is 65.3 Å². The first kappa shape index (κ1) is 42.6. The van der Waals surface area contributed by atoms with Gasteiger partial charge < -0.3 is 18.2 Å². The fourth-order valence-electron chi connectivity index (χ4n) is 5.10. The van der Waals surface area contributed by atoms with Crippen LogP contribution in [0.1, 0.15) is 11.1 Å². The van der Waals surface area contributed by atoms with E-state index in [1.807, 2.05) is 0 Å². The van der Waals surface area contributed by atoms with Gasteiger partial charge in [0.05, 0.1) is 21.2 Å². The van der Waals surface area contributed by atoms with Gasteiger partial charge >= 0.3 is 37.7 Å². The van der Waals surface area contributed by atoms with E-state index in [9.17, 15) is 47.3 Å². The molecule has 0 amide bonds. The normalized spacial score (nSPS) is 18.2. The minimum absolute atomic E-state index is 0. The number of aryl methyl sites for hydroxylation is 2. The molecule has 0 spiro atoms. The molecular formula is C34H24CaN6O12S2. The Hall–Kier alpha value is -5.16. The first-order chi connectivity index (χ1) is 25.3. The van der Waals surface area contributed by atoms with Crippen molar-refractivity contribution in [2.45, 2.75) is 13.8 Å². The average molecular weight is 813 g/mol. The van der Waals surface area contributed by atoms with Crippen LogP contribution < -0.4 is 0 Å². The van der Waals surface area contributed by atoms with Crippen LogP contribution in [0.3, 0.4) is 0 Å². The van der Waals surface area contributed by atoms with Crippen LogP contribution in [0.25, 0.3) is 0 Å². The summed E-state index contributed by atoms with van der Waals surface area (Å²) in [6.45, 7) is 3.33. The summed E-state index contributed by atoms with van der Waals surface area (Å²) in [6, 6.07) is 8.36. The molecule has 0 bridgehead atoms. The maximum atomic E-state index is 12.1. The van der Waals surface area contributed by atoms with Gasteiger partial charge in [0.25, 0.3) is 11.4 Å². The SMILES string of the molecule is Cc1cc(N=NC2=C3C=CC(=S(=O)([O-])O)C=C3C=CC2=O)cc([N+](=O)[O-])c1.Cc1cc(N=NC2=C3C=CC(=S(=O)([O-])O)C=C3C=CC2=O)cc([N+](=O)[O-])c1.[Ca+2]. The molecular weight excluding hydrogens is 789 g/mol. The Morgan fingerprint density at radius 3 is 1.25 bits per heavy atom. The van der Waals surface area contributed by atoms with Crippen LogP contribution in [0.5, 0.6) is 0 Å². The third-order valence-corrected chi connectivity index (χ3v) is 9.19. The third kappa shape index (κ3) is 10.5. The topological polar surface area (TPSA) is 291 Å². The van der Waals surface area contributed by atoms with Crippen LogP contribution >= 0.6 is 0 Å². The Morgan fingerprint density at radius 2 is 0.927 bits per heavy atom. The van der Waals surface area contributed by atoms with Gasteiger partial charge in [-0.1, -0.05) is 24.3 Å². The molecule has 2 aromatic rings. The fourth-order valence-corrected chi connectivity index (χ4v) is 6.13. The average Bonchev–Trinajstić information content (AvgIpc) is 3.09. The number of rotatable bonds is 6. The first-order valence-electron chi connectivity index (χ1n) is 15.1. The van der Waals surface area contributed by atoms with Crippen LogP contribution in [0.2, 0.25) is 0 Å². The van der Waals surface area contributed by atoms with Crippen molar-refractivity contribution in [1.82, 2.24) is 0 Å². The molecule has 0 aliphatic heterocycles. The molecule has 4 aliphatic rings. The van der Waals surface area contributed by atoms with Crippen LogP contribution in [0.4, 0.5) is 22.7 Å². The molecule has 0 saturated carbocycles. The smallest absolute Gasteiger partial charge is 0.757 e. The maximum Gasteiger partial charge on any atom is 2.00 e. The molecule has 2 unspecified atom stereocenters. The minimum Gasteiger partial charge on any atom is -0.757 e. The summed E-state index contributed by atoms with van der Waals surface area (Å²) in [5.41, 5.74) is 2.64. The Kier molecular flexibility index (Phi) is 13.2. The minimum atomic E-state index is -4.39. The summed E-state index contributed by atoms with van der Waals surface area (Å²) in [5.74, 6) is -0.902. The van der Waals surface area contributed by atoms with E-state index in [0.29, 0.717) is 33.4 Å². The van der Waals surface area contributed by atoms with Crippen molar-refractivity contribution in [2.75, 3.05) is 0 Å². The van der Waals surface area contributed by atoms with Gasteiger partial charge in [0.2, 0.25) is 11.6 Å². The number of nitro groups is 2. The Balaban J connectivity index is 0.000000240. The Bertz CT molecular complexity index is 2470. The van der Waals surface area contributed by atoms with Gasteiger partial charge in [0.15, 0.2) is 0 Å². The summed E-state index contributed by atoms with van der Waals surface area (Å²) in [4.78, 5) is 44.4. The molecule has 0 radical (unpaired) electrons. The number of benzene rings is 2. The summed E-state index contributed by atoms with van der Waals surface area (Å²) in [7, 11) is -8.77. The number of carbonyl (C=O) groups is 2. The molecule has 0 heterocycles. The van der Waals surface area contributed by atoms with Crippen molar-refractivity contribution in [3.63, 3.8) is 0 Å². The van der Waals surface area contributed by atoms with Crippen molar-refractivity contribution in [3.05, 3.63) is 162 Å². The quantitative estimate of drug-likeness (QED) is 0.120. The second-order valence-electron chi connectivity index (χ2n) is 11.5. The fraction of sp³-hybridized carbons (Fsp3) is 0.0588. The standard InChI is InChI=1S/2C17H13N3O6S.Ca/c2*1-10-6-12(9-13(7-10)20(22)23)18-19-17-15-4-3-14(27(24,25)26)8-11(15)2-5-16(17)21;/h2*2-9H,1H3,(H2,24,25,26);/q;;+2/p-2. The summed E-state index contributed by atoms with van der Waals surface area (Å²) < 4.78 is 63.3. The van der Waals surface area contributed by atoms with E-state index in [-0.39, 0.29) is 81.6 Å². The molecule has 21 heteroatoms. The zero-order valence-corrected chi connectivity index (χ0v) is 32.3. The number of non-ortho nitro benzene ring substituents is 2.